The largest absolute Gasteiger partial charge is 0.466 e. The minimum Gasteiger partial charge on any atom is -0.466 e. The number of dihydropyridines is 1. The molecule has 174 valence electrons. The van der Waals surface area contributed by atoms with Gasteiger partial charge in [0, 0.05) is 35.5 Å². The van der Waals surface area contributed by atoms with E-state index in [1.807, 2.05) is 20.8 Å². The zero-order chi connectivity index (χ0) is 24.2. The molecular weight excluding hydrogens is 414 g/mol. The lowest BCUT2D eigenvalue weighted by Gasteiger charge is -2.34. The van der Waals surface area contributed by atoms with Gasteiger partial charge >= 0.3 is 11.9 Å². The number of ether oxygens (including phenoxy) is 2. The van der Waals surface area contributed by atoms with E-state index in [0.29, 0.717) is 23.5 Å². The summed E-state index contributed by atoms with van der Waals surface area (Å²) in [4.78, 5) is 37.0. The second kappa shape index (κ2) is 9.95. The summed E-state index contributed by atoms with van der Waals surface area (Å²) >= 11 is 0. The van der Waals surface area contributed by atoms with Crippen molar-refractivity contribution in [1.29, 1.82) is 0 Å². The molecule has 0 radical (unpaired) electrons. The Balaban J connectivity index is 2.64. The van der Waals surface area contributed by atoms with Crippen LogP contribution in [0.15, 0.2) is 46.8 Å². The van der Waals surface area contributed by atoms with E-state index in [2.05, 4.69) is 10.6 Å². The number of nitro groups is 1. The highest BCUT2D eigenvalue weighted by molar-refractivity contribution is 6.00. The number of nitrogens with one attached hydrogen (secondary N) is 2. The lowest BCUT2D eigenvalue weighted by Crippen LogP contribution is -2.41. The van der Waals surface area contributed by atoms with Gasteiger partial charge in [-0.05, 0) is 26.5 Å². The first-order valence-electron chi connectivity index (χ1n) is 10.3. The topological polar surface area (TPSA) is 120 Å². The Morgan fingerprint density at radius 2 is 1.78 bits per heavy atom. The molecule has 0 aliphatic carbocycles. The average Bonchev–Trinajstić information content (AvgIpc) is 2.71. The van der Waals surface area contributed by atoms with E-state index < -0.39 is 28.9 Å². The van der Waals surface area contributed by atoms with Crippen molar-refractivity contribution in [2.75, 3.05) is 20.7 Å². The molecule has 9 heteroatoms. The maximum atomic E-state index is 13.4. The molecule has 2 unspecified atom stereocenters. The molecule has 32 heavy (non-hydrogen) atoms. The van der Waals surface area contributed by atoms with Gasteiger partial charge in [-0.25, -0.2) is 9.59 Å². The van der Waals surface area contributed by atoms with E-state index >= 15 is 0 Å². The third-order valence-corrected chi connectivity index (χ3v) is 5.40. The summed E-state index contributed by atoms with van der Waals surface area (Å²) in [6.07, 6.45) is -0.445. The number of benzene rings is 1. The minimum absolute atomic E-state index is 0.143. The van der Waals surface area contributed by atoms with Crippen LogP contribution < -0.4 is 10.6 Å². The number of hydrogen-bond acceptors (Lipinski definition) is 8. The summed E-state index contributed by atoms with van der Waals surface area (Å²) in [6, 6.07) is 5.89. The first-order valence-corrected chi connectivity index (χ1v) is 10.3. The fourth-order valence-electron chi connectivity index (χ4n) is 3.70. The molecule has 0 fully saturated rings. The molecule has 2 atom stereocenters. The lowest BCUT2D eigenvalue weighted by molar-refractivity contribution is -0.384. The van der Waals surface area contributed by atoms with Crippen LogP contribution in [0.1, 0.15) is 46.1 Å². The number of nitro benzene ring substituents is 1. The number of likely N-dealkylation sites (N-methyl/N-ethyl adjacent to an activating group) is 1. The van der Waals surface area contributed by atoms with Crippen molar-refractivity contribution in [1.82, 2.24) is 10.6 Å². The molecule has 1 aliphatic heterocycles. The lowest BCUT2D eigenvalue weighted by atomic mass is 9.80. The van der Waals surface area contributed by atoms with Crippen LogP contribution in [0.2, 0.25) is 0 Å². The second-order valence-electron chi connectivity index (χ2n) is 8.80. The molecule has 0 saturated carbocycles. The van der Waals surface area contributed by atoms with Crippen molar-refractivity contribution >= 4 is 17.6 Å². The number of carbonyl (C=O) groups is 2. The van der Waals surface area contributed by atoms with E-state index in [4.69, 9.17) is 9.47 Å². The molecule has 2 N–H and O–H groups in total. The summed E-state index contributed by atoms with van der Waals surface area (Å²) in [7, 11) is 3.02. The van der Waals surface area contributed by atoms with E-state index in [0.717, 1.165) is 0 Å². The third kappa shape index (κ3) is 5.34. The molecule has 0 spiro atoms. The number of esters is 2. The fraction of sp³-hybridized carbons (Fsp3) is 0.478. The number of hydrogen-bond donors (Lipinski definition) is 2. The SMILES string of the molecule is CNCC(OC(=O)C1=C(C)NC(C)=C(C(=O)OC)C1c1cccc([N+](=O)[O-])c1)C(C)(C)C. The Bertz CT molecular complexity index is 974. The summed E-state index contributed by atoms with van der Waals surface area (Å²) in [5, 5.41) is 17.5. The second-order valence-corrected chi connectivity index (χ2v) is 8.80. The Kier molecular flexibility index (Phi) is 7.79. The van der Waals surface area contributed by atoms with Gasteiger partial charge in [-0.1, -0.05) is 32.9 Å². The Morgan fingerprint density at radius 3 is 2.28 bits per heavy atom. The van der Waals surface area contributed by atoms with Crippen molar-refractivity contribution in [2.45, 2.75) is 46.6 Å². The van der Waals surface area contributed by atoms with Crippen LogP contribution in [-0.4, -0.2) is 43.7 Å². The summed E-state index contributed by atoms with van der Waals surface area (Å²) in [6.45, 7) is 9.74. The number of non-ortho nitro benzene ring substituents is 1. The molecule has 1 aromatic rings. The quantitative estimate of drug-likeness (QED) is 0.373. The molecule has 0 bridgehead atoms. The maximum absolute atomic E-state index is 13.4. The molecule has 9 nitrogen and oxygen atoms in total. The smallest absolute Gasteiger partial charge is 0.337 e. The first kappa shape index (κ1) is 25.1. The predicted octanol–water partition coefficient (Wildman–Crippen LogP) is 3.18. The van der Waals surface area contributed by atoms with Crippen LogP contribution in [0, 0.1) is 15.5 Å². The molecule has 0 amide bonds. The van der Waals surface area contributed by atoms with Crippen LogP contribution in [-0.2, 0) is 19.1 Å². The van der Waals surface area contributed by atoms with Gasteiger partial charge in [0.05, 0.1) is 29.1 Å². The van der Waals surface area contributed by atoms with Crippen LogP contribution in [0.25, 0.3) is 0 Å². The van der Waals surface area contributed by atoms with Gasteiger partial charge in [0.15, 0.2) is 0 Å². The first-order chi connectivity index (χ1) is 14.9. The van der Waals surface area contributed by atoms with Crippen molar-refractivity contribution in [3.63, 3.8) is 0 Å². The van der Waals surface area contributed by atoms with E-state index in [9.17, 15) is 19.7 Å². The maximum Gasteiger partial charge on any atom is 0.337 e. The molecule has 2 rings (SSSR count). The Hall–Kier alpha value is -3.20. The summed E-state index contributed by atoms with van der Waals surface area (Å²) < 4.78 is 10.9. The van der Waals surface area contributed by atoms with Crippen LogP contribution >= 0.6 is 0 Å². The van der Waals surface area contributed by atoms with Gasteiger partial charge in [-0.3, -0.25) is 10.1 Å². The standard InChI is InChI=1S/C23H31N3O6/c1-13-18(21(27)31-7)20(15-9-8-10-16(11-15)26(29)30)19(14(2)25-13)22(28)32-17(12-24-6)23(3,4)5/h8-11,17,20,24-25H,12H2,1-7H3. The number of methoxy groups -OCH3 is 1. The fourth-order valence-corrected chi connectivity index (χ4v) is 3.70. The minimum atomic E-state index is -0.883. The highest BCUT2D eigenvalue weighted by Gasteiger charge is 2.40. The van der Waals surface area contributed by atoms with Crippen LogP contribution in [0.4, 0.5) is 5.69 Å². The van der Waals surface area contributed by atoms with Gasteiger partial charge in [-0.2, -0.15) is 0 Å². The number of carbonyl (C=O) groups excluding carboxylic acids is 2. The van der Waals surface area contributed by atoms with Gasteiger partial charge < -0.3 is 20.1 Å². The molecule has 1 aromatic carbocycles. The molecule has 1 heterocycles. The van der Waals surface area contributed by atoms with E-state index in [-0.39, 0.29) is 22.2 Å². The van der Waals surface area contributed by atoms with Crippen molar-refractivity contribution in [3.05, 3.63) is 62.5 Å². The molecule has 0 aromatic heterocycles. The number of allylic oxidation sites excluding steroid dienone is 2. The average molecular weight is 446 g/mol. The van der Waals surface area contributed by atoms with E-state index in [1.54, 1.807) is 27.0 Å². The van der Waals surface area contributed by atoms with Gasteiger partial charge in [0.1, 0.15) is 6.10 Å². The predicted molar refractivity (Wildman–Crippen MR) is 120 cm³/mol. The number of nitrogens with zero attached hydrogens (tertiary/aromatic N) is 1. The molecular formula is C23H31N3O6. The van der Waals surface area contributed by atoms with Crippen molar-refractivity contribution in [3.8, 4) is 0 Å². The summed E-state index contributed by atoms with van der Waals surface area (Å²) in [5.41, 5.74) is 1.36. The summed E-state index contributed by atoms with van der Waals surface area (Å²) in [5.74, 6) is -2.12. The zero-order valence-electron chi connectivity index (χ0n) is 19.6. The van der Waals surface area contributed by atoms with Crippen molar-refractivity contribution in [2.24, 2.45) is 5.41 Å². The highest BCUT2D eigenvalue weighted by Crippen LogP contribution is 2.40. The van der Waals surface area contributed by atoms with Gasteiger partial charge in [-0.15, -0.1) is 0 Å². The monoisotopic (exact) mass is 445 g/mol. The van der Waals surface area contributed by atoms with Gasteiger partial charge in [0.25, 0.3) is 5.69 Å². The molecule has 1 aliphatic rings. The van der Waals surface area contributed by atoms with Crippen LogP contribution in [0.5, 0.6) is 0 Å². The Morgan fingerprint density at radius 1 is 1.19 bits per heavy atom. The molecule has 0 saturated heterocycles. The van der Waals surface area contributed by atoms with Crippen molar-refractivity contribution < 1.29 is 24.0 Å². The Labute approximate surface area is 188 Å². The van der Waals surface area contributed by atoms with Gasteiger partial charge in [0.2, 0.25) is 0 Å². The normalized spacial score (nSPS) is 17.5. The number of rotatable bonds is 7. The van der Waals surface area contributed by atoms with Crippen LogP contribution in [0.3, 0.4) is 0 Å². The zero-order valence-corrected chi connectivity index (χ0v) is 19.6. The third-order valence-electron chi connectivity index (χ3n) is 5.40. The van der Waals surface area contributed by atoms with E-state index in [1.165, 1.54) is 25.3 Å². The highest BCUT2D eigenvalue weighted by atomic mass is 16.6.